The van der Waals surface area contributed by atoms with Crippen molar-refractivity contribution in [3.05, 3.63) is 12.7 Å². The molecule has 0 aliphatic heterocycles. The van der Waals surface area contributed by atoms with E-state index in [9.17, 15) is 0 Å². The van der Waals surface area contributed by atoms with Crippen LogP contribution in [0.25, 0.3) is 0 Å². The molecule has 15 heavy (non-hydrogen) atoms. The highest BCUT2D eigenvalue weighted by atomic mass is 14.1. The van der Waals surface area contributed by atoms with E-state index in [1.807, 2.05) is 6.08 Å². The van der Waals surface area contributed by atoms with Gasteiger partial charge in [0.1, 0.15) is 0 Å². The summed E-state index contributed by atoms with van der Waals surface area (Å²) in [6, 6.07) is 0. The van der Waals surface area contributed by atoms with Crippen molar-refractivity contribution < 1.29 is 0 Å². The zero-order valence-electron chi connectivity index (χ0n) is 10.9. The molecule has 0 aliphatic carbocycles. The largest absolute Gasteiger partial charge is 0.103 e. The third-order valence-electron chi connectivity index (χ3n) is 3.16. The van der Waals surface area contributed by atoms with Gasteiger partial charge in [0.05, 0.1) is 0 Å². The van der Waals surface area contributed by atoms with E-state index in [0.717, 1.165) is 5.92 Å². The minimum absolute atomic E-state index is 0.902. The maximum absolute atomic E-state index is 3.77. The molecule has 0 nitrogen and oxygen atoms in total. The van der Waals surface area contributed by atoms with Crippen molar-refractivity contribution >= 4 is 0 Å². The van der Waals surface area contributed by atoms with Crippen molar-refractivity contribution in [3.8, 4) is 0 Å². The van der Waals surface area contributed by atoms with Crippen LogP contribution in [0.15, 0.2) is 12.7 Å². The molecule has 0 N–H and O–H groups in total. The Morgan fingerprint density at radius 2 is 1.53 bits per heavy atom. The van der Waals surface area contributed by atoms with Gasteiger partial charge in [-0.25, -0.2) is 0 Å². The Morgan fingerprint density at radius 3 is 2.13 bits per heavy atom. The van der Waals surface area contributed by atoms with E-state index in [2.05, 4.69) is 20.4 Å². The molecule has 0 saturated heterocycles. The summed E-state index contributed by atoms with van der Waals surface area (Å²) in [7, 11) is 0. The van der Waals surface area contributed by atoms with Gasteiger partial charge in [-0.1, -0.05) is 71.3 Å². The van der Waals surface area contributed by atoms with Crippen LogP contribution < -0.4 is 0 Å². The van der Waals surface area contributed by atoms with E-state index in [4.69, 9.17) is 0 Å². The van der Waals surface area contributed by atoms with Crippen molar-refractivity contribution in [2.24, 2.45) is 5.92 Å². The van der Waals surface area contributed by atoms with Gasteiger partial charge in [-0.05, 0) is 18.8 Å². The minimum Gasteiger partial charge on any atom is -0.103 e. The lowest BCUT2D eigenvalue weighted by Gasteiger charge is -2.09. The van der Waals surface area contributed by atoms with Gasteiger partial charge in [0.15, 0.2) is 0 Å². The third-order valence-corrected chi connectivity index (χ3v) is 3.16. The van der Waals surface area contributed by atoms with Gasteiger partial charge in [0.25, 0.3) is 0 Å². The molecule has 0 saturated carbocycles. The zero-order chi connectivity index (χ0) is 11.4. The Kier molecular flexibility index (Phi) is 11.6. The van der Waals surface area contributed by atoms with Crippen LogP contribution in [0.1, 0.15) is 78.1 Å². The zero-order valence-corrected chi connectivity index (χ0v) is 10.9. The molecule has 0 spiro atoms. The van der Waals surface area contributed by atoms with E-state index < -0.39 is 0 Å². The van der Waals surface area contributed by atoms with Crippen LogP contribution in [0.3, 0.4) is 0 Å². The monoisotopic (exact) mass is 210 g/mol. The molecule has 0 aliphatic rings. The Labute approximate surface area is 97.2 Å². The number of allylic oxidation sites excluding steroid dienone is 1. The highest BCUT2D eigenvalue weighted by Gasteiger charge is 2.00. The van der Waals surface area contributed by atoms with Gasteiger partial charge < -0.3 is 0 Å². The summed E-state index contributed by atoms with van der Waals surface area (Å²) >= 11 is 0. The fraction of sp³-hybridized carbons (Fsp3) is 0.867. The van der Waals surface area contributed by atoms with Crippen molar-refractivity contribution in [1.29, 1.82) is 0 Å². The summed E-state index contributed by atoms with van der Waals surface area (Å²) in [4.78, 5) is 0. The molecule has 0 radical (unpaired) electrons. The first-order valence-corrected chi connectivity index (χ1v) is 6.92. The summed E-state index contributed by atoms with van der Waals surface area (Å²) < 4.78 is 0. The molecular weight excluding hydrogens is 180 g/mol. The van der Waals surface area contributed by atoms with Gasteiger partial charge in [-0.15, -0.1) is 6.58 Å². The molecular formula is C15H30. The summed E-state index contributed by atoms with van der Waals surface area (Å²) in [5.74, 6) is 0.902. The van der Waals surface area contributed by atoms with Crippen molar-refractivity contribution in [3.63, 3.8) is 0 Å². The second-order valence-electron chi connectivity index (χ2n) is 4.88. The van der Waals surface area contributed by atoms with Crippen LogP contribution in [0.4, 0.5) is 0 Å². The first-order valence-electron chi connectivity index (χ1n) is 6.92. The van der Waals surface area contributed by atoms with Gasteiger partial charge in [-0.3, -0.25) is 0 Å². The maximum atomic E-state index is 3.77. The molecule has 0 aromatic heterocycles. The number of rotatable bonds is 11. The molecule has 0 bridgehead atoms. The molecule has 1 unspecified atom stereocenters. The maximum Gasteiger partial charge on any atom is -0.0351 e. The normalized spacial score (nSPS) is 12.7. The molecule has 0 aromatic carbocycles. The minimum atomic E-state index is 0.902. The molecule has 0 amide bonds. The first kappa shape index (κ1) is 14.7. The predicted molar refractivity (Wildman–Crippen MR) is 71.2 cm³/mol. The second kappa shape index (κ2) is 11.8. The Morgan fingerprint density at radius 1 is 0.933 bits per heavy atom. The van der Waals surface area contributed by atoms with Gasteiger partial charge >= 0.3 is 0 Å². The highest BCUT2D eigenvalue weighted by Crippen LogP contribution is 2.16. The summed E-state index contributed by atoms with van der Waals surface area (Å²) in [5, 5.41) is 0. The van der Waals surface area contributed by atoms with Crippen molar-refractivity contribution in [2.45, 2.75) is 78.1 Å². The average molecular weight is 210 g/mol. The fourth-order valence-corrected chi connectivity index (χ4v) is 2.00. The summed E-state index contributed by atoms with van der Waals surface area (Å²) in [6.45, 7) is 8.43. The molecule has 0 rings (SSSR count). The van der Waals surface area contributed by atoms with E-state index in [-0.39, 0.29) is 0 Å². The van der Waals surface area contributed by atoms with Crippen LogP contribution >= 0.6 is 0 Å². The van der Waals surface area contributed by atoms with Gasteiger partial charge in [0, 0.05) is 0 Å². The predicted octanol–water partition coefficient (Wildman–Crippen LogP) is 5.73. The second-order valence-corrected chi connectivity index (χ2v) is 4.88. The Balaban J connectivity index is 3.05. The molecule has 0 aromatic rings. The van der Waals surface area contributed by atoms with E-state index >= 15 is 0 Å². The lowest BCUT2D eigenvalue weighted by atomic mass is 9.97. The van der Waals surface area contributed by atoms with Crippen molar-refractivity contribution in [2.75, 3.05) is 0 Å². The fourth-order valence-electron chi connectivity index (χ4n) is 2.00. The number of hydrogen-bond acceptors (Lipinski definition) is 0. The van der Waals surface area contributed by atoms with Gasteiger partial charge in [-0.2, -0.15) is 0 Å². The number of unbranched alkanes of at least 4 members (excludes halogenated alkanes) is 6. The van der Waals surface area contributed by atoms with E-state index in [1.165, 1.54) is 64.2 Å². The van der Waals surface area contributed by atoms with Crippen LogP contribution in [0.2, 0.25) is 0 Å². The number of hydrogen-bond donors (Lipinski definition) is 0. The first-order chi connectivity index (χ1) is 7.31. The highest BCUT2D eigenvalue weighted by molar-refractivity contribution is 4.68. The van der Waals surface area contributed by atoms with E-state index in [1.54, 1.807) is 0 Å². The molecule has 1 atom stereocenters. The van der Waals surface area contributed by atoms with Crippen LogP contribution in [-0.2, 0) is 0 Å². The summed E-state index contributed by atoms with van der Waals surface area (Å²) in [6.07, 6.45) is 16.0. The smallest absolute Gasteiger partial charge is 0.0351 e. The van der Waals surface area contributed by atoms with E-state index in [0.29, 0.717) is 0 Å². The SMILES string of the molecule is C=CCCC(C)CCCCCCCCC. The van der Waals surface area contributed by atoms with Crippen LogP contribution in [0.5, 0.6) is 0 Å². The lowest BCUT2D eigenvalue weighted by molar-refractivity contribution is 0.458. The standard InChI is InChI=1S/C15H30/c1-4-6-8-9-10-11-12-14-15(3)13-7-5-2/h5,15H,2,4,6-14H2,1,3H3. The lowest BCUT2D eigenvalue weighted by Crippen LogP contribution is -1.93. The quantitative estimate of drug-likeness (QED) is 0.302. The average Bonchev–Trinajstić information content (AvgIpc) is 2.25. The summed E-state index contributed by atoms with van der Waals surface area (Å²) in [5.41, 5.74) is 0. The molecule has 0 heteroatoms. The van der Waals surface area contributed by atoms with Crippen molar-refractivity contribution in [1.82, 2.24) is 0 Å². The Hall–Kier alpha value is -0.260. The molecule has 0 heterocycles. The Bertz CT molecular complexity index is 126. The third kappa shape index (κ3) is 11.7. The topological polar surface area (TPSA) is 0 Å². The van der Waals surface area contributed by atoms with Gasteiger partial charge in [0.2, 0.25) is 0 Å². The van der Waals surface area contributed by atoms with Crippen LogP contribution in [0, 0.1) is 5.92 Å². The molecule has 90 valence electrons. The van der Waals surface area contributed by atoms with Crippen LogP contribution in [-0.4, -0.2) is 0 Å². The molecule has 0 fully saturated rings.